The summed E-state index contributed by atoms with van der Waals surface area (Å²) >= 11 is 1.04. The number of methoxy groups -OCH3 is 1. The zero-order chi connectivity index (χ0) is 14.6. The van der Waals surface area contributed by atoms with Gasteiger partial charge in [0.1, 0.15) is 9.77 Å². The highest BCUT2D eigenvalue weighted by Gasteiger charge is 2.28. The molecule has 1 unspecified atom stereocenters. The minimum Gasteiger partial charge on any atom is -0.465 e. The summed E-state index contributed by atoms with van der Waals surface area (Å²) < 4.78 is 31.6. The maximum Gasteiger partial charge on any atom is 0.349 e. The summed E-state index contributed by atoms with van der Waals surface area (Å²) in [5.74, 6) is 1.72. The largest absolute Gasteiger partial charge is 0.465 e. The van der Waals surface area contributed by atoms with Gasteiger partial charge in [0.25, 0.3) is 0 Å². The summed E-state index contributed by atoms with van der Waals surface area (Å²) in [5, 5.41) is 1.60. The molecule has 1 heterocycles. The molecule has 1 atom stereocenters. The molecule has 0 aromatic carbocycles. The van der Waals surface area contributed by atoms with Gasteiger partial charge in [0.05, 0.1) is 7.11 Å². The van der Waals surface area contributed by atoms with Gasteiger partial charge in [-0.05, 0) is 24.8 Å². The van der Waals surface area contributed by atoms with Crippen molar-refractivity contribution in [2.75, 3.05) is 7.11 Å². The zero-order valence-electron chi connectivity index (χ0n) is 10.9. The second-order valence-corrected chi connectivity index (χ2v) is 6.53. The highest BCUT2D eigenvalue weighted by Crippen LogP contribution is 2.27. The van der Waals surface area contributed by atoms with Crippen LogP contribution in [0.2, 0.25) is 0 Å². The Kier molecular flexibility index (Phi) is 5.11. The molecule has 0 spiro atoms. The van der Waals surface area contributed by atoms with Crippen molar-refractivity contribution in [1.82, 2.24) is 4.72 Å². The van der Waals surface area contributed by atoms with Gasteiger partial charge in [-0.2, -0.15) is 0 Å². The lowest BCUT2D eigenvalue weighted by Crippen LogP contribution is -2.33. The molecule has 0 amide bonds. The summed E-state index contributed by atoms with van der Waals surface area (Å²) in [4.78, 5) is 11.6. The van der Waals surface area contributed by atoms with E-state index in [9.17, 15) is 13.2 Å². The van der Waals surface area contributed by atoms with Crippen LogP contribution < -0.4 is 4.72 Å². The molecule has 0 aliphatic rings. The van der Waals surface area contributed by atoms with E-state index in [0.717, 1.165) is 11.3 Å². The number of nitrogens with one attached hydrogen (secondary N) is 1. The molecule has 0 aliphatic carbocycles. The molecule has 0 saturated carbocycles. The summed E-state index contributed by atoms with van der Waals surface area (Å²) in [6.07, 6.45) is 5.41. The number of ether oxygens (including phenoxy) is 1. The minimum atomic E-state index is -3.79. The van der Waals surface area contributed by atoms with Crippen LogP contribution >= 0.6 is 11.3 Å². The molecule has 1 rings (SSSR count). The van der Waals surface area contributed by atoms with E-state index in [1.54, 1.807) is 19.2 Å². The van der Waals surface area contributed by atoms with Crippen LogP contribution in [0.3, 0.4) is 0 Å². The quantitative estimate of drug-likeness (QED) is 0.661. The molecule has 1 N–H and O–H groups in total. The summed E-state index contributed by atoms with van der Waals surface area (Å²) in [6.45, 7) is 3.29. The van der Waals surface area contributed by atoms with Gasteiger partial charge in [-0.15, -0.1) is 23.7 Å². The second-order valence-electron chi connectivity index (χ2n) is 4.00. The molecule has 5 nitrogen and oxygen atoms in total. The number of terminal acetylenes is 1. The minimum absolute atomic E-state index is 0.0341. The van der Waals surface area contributed by atoms with Crippen LogP contribution in [0.1, 0.15) is 28.6 Å². The van der Waals surface area contributed by atoms with Crippen LogP contribution in [0.15, 0.2) is 10.3 Å². The lowest BCUT2D eigenvalue weighted by Gasteiger charge is -2.12. The van der Waals surface area contributed by atoms with Crippen molar-refractivity contribution < 1.29 is 17.9 Å². The first-order valence-electron chi connectivity index (χ1n) is 5.45. The number of sulfonamides is 1. The number of hydrogen-bond donors (Lipinski definition) is 1. The maximum atomic E-state index is 12.3. The fraction of sp³-hybridized carbons (Fsp3) is 0.417. The normalized spacial score (nSPS) is 12.7. The van der Waals surface area contributed by atoms with E-state index in [1.165, 1.54) is 7.11 Å². The molecule has 19 heavy (non-hydrogen) atoms. The third-order valence-electron chi connectivity index (χ3n) is 2.34. The van der Waals surface area contributed by atoms with Gasteiger partial charge >= 0.3 is 5.97 Å². The van der Waals surface area contributed by atoms with Gasteiger partial charge in [0, 0.05) is 12.5 Å². The van der Waals surface area contributed by atoms with E-state index >= 15 is 0 Å². The fourth-order valence-electron chi connectivity index (χ4n) is 1.54. The number of hydrogen-bond acceptors (Lipinski definition) is 5. The number of aryl methyl sites for hydroxylation is 1. The predicted octanol–water partition coefficient (Wildman–Crippen LogP) is 1.53. The number of thiophene rings is 1. The average Bonchev–Trinajstić information content (AvgIpc) is 2.70. The van der Waals surface area contributed by atoms with Crippen LogP contribution in [0, 0.1) is 19.3 Å². The van der Waals surface area contributed by atoms with Crippen molar-refractivity contribution in [3.05, 3.63) is 15.8 Å². The average molecular weight is 301 g/mol. The lowest BCUT2D eigenvalue weighted by atomic mass is 10.3. The van der Waals surface area contributed by atoms with Crippen molar-refractivity contribution in [3.8, 4) is 12.3 Å². The van der Waals surface area contributed by atoms with Crippen molar-refractivity contribution in [2.45, 2.75) is 31.2 Å². The summed E-state index contributed by atoms with van der Waals surface area (Å²) in [5.41, 5.74) is 0.505. The summed E-state index contributed by atoms with van der Waals surface area (Å²) in [7, 11) is -2.58. The molecular formula is C12H15NO4S2. The first-order chi connectivity index (χ1) is 8.83. The molecule has 0 radical (unpaired) electrons. The van der Waals surface area contributed by atoms with Crippen molar-refractivity contribution in [2.24, 2.45) is 0 Å². The van der Waals surface area contributed by atoms with E-state index < -0.39 is 22.0 Å². The van der Waals surface area contributed by atoms with Crippen LogP contribution in [-0.2, 0) is 14.8 Å². The molecule has 0 fully saturated rings. The van der Waals surface area contributed by atoms with Crippen molar-refractivity contribution in [1.29, 1.82) is 0 Å². The van der Waals surface area contributed by atoms with Crippen LogP contribution in [0.25, 0.3) is 0 Å². The van der Waals surface area contributed by atoms with Gasteiger partial charge < -0.3 is 4.74 Å². The Morgan fingerprint density at radius 2 is 2.26 bits per heavy atom. The maximum absolute atomic E-state index is 12.3. The molecule has 104 valence electrons. The standard InChI is InChI=1S/C12H15NO4S2/c1-5-6-9(3)13-19(15,16)11-8(2)7-18-10(11)12(14)17-4/h1,7,9,13H,6H2,2-4H3. The monoisotopic (exact) mass is 301 g/mol. The third-order valence-corrected chi connectivity index (χ3v) is 5.32. The molecule has 0 aliphatic heterocycles. The highest BCUT2D eigenvalue weighted by molar-refractivity contribution is 7.89. The van der Waals surface area contributed by atoms with Gasteiger partial charge in [-0.1, -0.05) is 0 Å². The Labute approximate surface area is 117 Å². The number of esters is 1. The Bertz CT molecular complexity index is 610. The fourth-order valence-corrected chi connectivity index (χ4v) is 4.49. The molecule has 7 heteroatoms. The van der Waals surface area contributed by atoms with Crippen LogP contribution in [0.5, 0.6) is 0 Å². The molecule has 1 aromatic rings. The Morgan fingerprint density at radius 1 is 1.63 bits per heavy atom. The predicted molar refractivity (Wildman–Crippen MR) is 73.6 cm³/mol. The lowest BCUT2D eigenvalue weighted by molar-refractivity contribution is 0.0602. The van der Waals surface area contributed by atoms with E-state index in [2.05, 4.69) is 15.4 Å². The smallest absolute Gasteiger partial charge is 0.349 e. The van der Waals surface area contributed by atoms with Gasteiger partial charge in [-0.3, -0.25) is 0 Å². The molecule has 0 bridgehead atoms. The van der Waals surface area contributed by atoms with Crippen LogP contribution in [0.4, 0.5) is 0 Å². The highest BCUT2D eigenvalue weighted by atomic mass is 32.2. The Morgan fingerprint density at radius 3 is 2.79 bits per heavy atom. The topological polar surface area (TPSA) is 72.5 Å². The Hall–Kier alpha value is -1.36. The van der Waals surface area contributed by atoms with Crippen LogP contribution in [-0.4, -0.2) is 27.5 Å². The Balaban J connectivity index is 3.18. The van der Waals surface area contributed by atoms with E-state index in [-0.39, 0.29) is 16.2 Å². The van der Waals surface area contributed by atoms with Gasteiger partial charge in [-0.25, -0.2) is 17.9 Å². The molecular weight excluding hydrogens is 286 g/mol. The van der Waals surface area contributed by atoms with E-state index in [0.29, 0.717) is 5.56 Å². The first kappa shape index (κ1) is 15.7. The van der Waals surface area contributed by atoms with Crippen molar-refractivity contribution >= 4 is 27.3 Å². The third kappa shape index (κ3) is 3.56. The summed E-state index contributed by atoms with van der Waals surface area (Å²) in [6, 6.07) is -0.403. The molecule has 1 aromatic heterocycles. The number of carbonyl (C=O) groups is 1. The second kappa shape index (κ2) is 6.19. The molecule has 0 saturated heterocycles. The van der Waals surface area contributed by atoms with E-state index in [4.69, 9.17) is 6.42 Å². The van der Waals surface area contributed by atoms with Gasteiger partial charge in [0.15, 0.2) is 0 Å². The SMILES string of the molecule is C#CCC(C)NS(=O)(=O)c1c(C)csc1C(=O)OC. The number of carbonyl (C=O) groups excluding carboxylic acids is 1. The van der Waals surface area contributed by atoms with E-state index in [1.807, 2.05) is 0 Å². The van der Waals surface area contributed by atoms with Gasteiger partial charge in [0.2, 0.25) is 10.0 Å². The number of rotatable bonds is 5. The first-order valence-corrected chi connectivity index (χ1v) is 7.82. The van der Waals surface area contributed by atoms with Crippen molar-refractivity contribution in [3.63, 3.8) is 0 Å². The zero-order valence-corrected chi connectivity index (χ0v) is 12.5.